The number of imidazole rings is 1. The Morgan fingerprint density at radius 2 is 1.91 bits per heavy atom. The molecule has 33 heavy (non-hydrogen) atoms. The first-order chi connectivity index (χ1) is 15.6. The van der Waals surface area contributed by atoms with Gasteiger partial charge in [-0.05, 0) is 78.3 Å². The van der Waals surface area contributed by atoms with Crippen LogP contribution in [0.15, 0.2) is 42.5 Å². The number of benzene rings is 2. The number of anilines is 2. The van der Waals surface area contributed by atoms with Crippen LogP contribution in [0.1, 0.15) is 83.4 Å². The van der Waals surface area contributed by atoms with E-state index in [4.69, 9.17) is 10.1 Å². The minimum Gasteiger partial charge on any atom is -0.481 e. The van der Waals surface area contributed by atoms with Crippen LogP contribution in [-0.4, -0.2) is 20.6 Å². The largest absolute Gasteiger partial charge is 0.481 e. The Labute approximate surface area is 197 Å². The van der Waals surface area contributed by atoms with Crippen molar-refractivity contribution in [3.8, 4) is 0 Å². The Morgan fingerprint density at radius 3 is 2.55 bits per heavy atom. The molecule has 5 nitrogen and oxygen atoms in total. The number of carbonyl (C=O) groups is 1. The molecular weight excluding hydrogens is 410 g/mol. The van der Waals surface area contributed by atoms with Gasteiger partial charge in [-0.3, -0.25) is 4.79 Å². The SMILES string of the molecule is CC(C)c1ccc(Nc2nc3cc(CCC(=O)O)ccc3n2[C@@H]2C[C@@H](C)CC(C)(C)C2)cc1. The zero-order chi connectivity index (χ0) is 23.8. The predicted octanol–water partition coefficient (Wildman–Crippen LogP) is 7.31. The van der Waals surface area contributed by atoms with Gasteiger partial charge in [0.15, 0.2) is 0 Å². The van der Waals surface area contributed by atoms with E-state index in [0.29, 0.717) is 24.3 Å². The quantitative estimate of drug-likeness (QED) is 0.398. The number of carboxylic acid groups (broad SMARTS) is 1. The van der Waals surface area contributed by atoms with Crippen molar-refractivity contribution >= 4 is 28.6 Å². The number of hydrogen-bond donors (Lipinski definition) is 2. The average Bonchev–Trinajstić information content (AvgIpc) is 3.08. The molecule has 3 aromatic rings. The van der Waals surface area contributed by atoms with Crippen LogP contribution < -0.4 is 5.32 Å². The third-order valence-corrected chi connectivity index (χ3v) is 6.94. The van der Waals surface area contributed by atoms with Gasteiger partial charge in [-0.25, -0.2) is 4.98 Å². The summed E-state index contributed by atoms with van der Waals surface area (Å²) in [6, 6.07) is 15.2. The number of rotatable bonds is 7. The maximum Gasteiger partial charge on any atom is 0.303 e. The number of aryl methyl sites for hydroxylation is 1. The third kappa shape index (κ3) is 5.40. The van der Waals surface area contributed by atoms with Crippen molar-refractivity contribution < 1.29 is 9.90 Å². The Hall–Kier alpha value is -2.82. The fourth-order valence-electron chi connectivity index (χ4n) is 5.58. The maximum atomic E-state index is 11.0. The van der Waals surface area contributed by atoms with Crippen molar-refractivity contribution in [1.29, 1.82) is 0 Å². The Kier molecular flexibility index (Phi) is 6.51. The molecule has 5 heteroatoms. The van der Waals surface area contributed by atoms with Crippen LogP contribution in [0.5, 0.6) is 0 Å². The van der Waals surface area contributed by atoms with Crippen LogP contribution >= 0.6 is 0 Å². The standard InChI is InChI=1S/C28H37N3O2/c1-18(2)21-8-10-22(11-9-21)29-27-30-24-15-20(7-13-26(32)33)6-12-25(24)31(27)23-14-19(3)16-28(4,5)17-23/h6,8-12,15,18-19,23H,7,13-14,16-17H2,1-5H3,(H,29,30)(H,32,33)/t19-,23-/m1/s1. The molecule has 1 aliphatic rings. The minimum atomic E-state index is -0.772. The maximum absolute atomic E-state index is 11.0. The van der Waals surface area contributed by atoms with Crippen LogP contribution in [0.2, 0.25) is 0 Å². The monoisotopic (exact) mass is 447 g/mol. The molecule has 176 valence electrons. The van der Waals surface area contributed by atoms with Gasteiger partial charge in [0.1, 0.15) is 0 Å². The molecule has 0 radical (unpaired) electrons. The highest BCUT2D eigenvalue weighted by molar-refractivity contribution is 5.81. The van der Waals surface area contributed by atoms with Crippen molar-refractivity contribution in [2.45, 2.75) is 78.7 Å². The molecule has 1 fully saturated rings. The molecule has 0 spiro atoms. The van der Waals surface area contributed by atoms with Crippen molar-refractivity contribution in [3.63, 3.8) is 0 Å². The molecule has 0 amide bonds. The smallest absolute Gasteiger partial charge is 0.303 e. The summed E-state index contributed by atoms with van der Waals surface area (Å²) in [5.41, 5.74) is 5.70. The lowest BCUT2D eigenvalue weighted by Crippen LogP contribution is -2.29. The van der Waals surface area contributed by atoms with E-state index in [9.17, 15) is 4.79 Å². The average molecular weight is 448 g/mol. The summed E-state index contributed by atoms with van der Waals surface area (Å²) in [5.74, 6) is 1.25. The second kappa shape index (κ2) is 9.20. The molecule has 0 saturated heterocycles. The van der Waals surface area contributed by atoms with Gasteiger partial charge in [0.25, 0.3) is 0 Å². The highest BCUT2D eigenvalue weighted by Crippen LogP contribution is 2.46. The number of hydrogen-bond acceptors (Lipinski definition) is 3. The van der Waals surface area contributed by atoms with Crippen molar-refractivity contribution in [3.05, 3.63) is 53.6 Å². The first-order valence-corrected chi connectivity index (χ1v) is 12.2. The third-order valence-electron chi connectivity index (χ3n) is 6.94. The molecule has 0 aliphatic heterocycles. The summed E-state index contributed by atoms with van der Waals surface area (Å²) >= 11 is 0. The molecule has 1 aromatic heterocycles. The summed E-state index contributed by atoms with van der Waals surface area (Å²) in [6.07, 6.45) is 4.15. The fraction of sp³-hybridized carbons (Fsp3) is 0.500. The number of carboxylic acids is 1. The van der Waals surface area contributed by atoms with Gasteiger partial charge >= 0.3 is 5.97 Å². The second-order valence-electron chi connectivity index (χ2n) is 11.0. The van der Waals surface area contributed by atoms with E-state index in [0.717, 1.165) is 41.1 Å². The fourth-order valence-corrected chi connectivity index (χ4v) is 5.58. The number of nitrogens with one attached hydrogen (secondary N) is 1. The molecule has 2 atom stereocenters. The zero-order valence-corrected chi connectivity index (χ0v) is 20.6. The lowest BCUT2D eigenvalue weighted by Gasteiger charge is -2.40. The van der Waals surface area contributed by atoms with E-state index in [2.05, 4.69) is 87.0 Å². The van der Waals surface area contributed by atoms with Crippen molar-refractivity contribution in [2.24, 2.45) is 11.3 Å². The normalized spacial score (nSPS) is 20.3. The Bertz CT molecular complexity index is 1130. The molecule has 0 unspecified atom stereocenters. The first-order valence-electron chi connectivity index (χ1n) is 12.2. The van der Waals surface area contributed by atoms with Crippen molar-refractivity contribution in [2.75, 3.05) is 5.32 Å². The van der Waals surface area contributed by atoms with Gasteiger partial charge in [-0.2, -0.15) is 0 Å². The van der Waals surface area contributed by atoms with Gasteiger partial charge < -0.3 is 15.0 Å². The summed E-state index contributed by atoms with van der Waals surface area (Å²) in [5, 5.41) is 12.7. The molecule has 1 aliphatic carbocycles. The molecule has 0 bridgehead atoms. The number of nitrogens with zero attached hydrogens (tertiary/aromatic N) is 2. The molecular formula is C28H37N3O2. The zero-order valence-electron chi connectivity index (χ0n) is 20.6. The van der Waals surface area contributed by atoms with E-state index in [1.54, 1.807) is 0 Å². The number of aromatic nitrogens is 2. The van der Waals surface area contributed by atoms with Crippen LogP contribution in [0, 0.1) is 11.3 Å². The minimum absolute atomic E-state index is 0.133. The van der Waals surface area contributed by atoms with Gasteiger partial charge in [-0.1, -0.05) is 52.8 Å². The van der Waals surface area contributed by atoms with E-state index < -0.39 is 5.97 Å². The predicted molar refractivity (Wildman–Crippen MR) is 135 cm³/mol. The second-order valence-corrected chi connectivity index (χ2v) is 11.0. The molecule has 4 rings (SSSR count). The van der Waals surface area contributed by atoms with Crippen LogP contribution in [0.4, 0.5) is 11.6 Å². The van der Waals surface area contributed by atoms with Crippen LogP contribution in [0.3, 0.4) is 0 Å². The van der Waals surface area contributed by atoms with E-state index in [-0.39, 0.29) is 11.8 Å². The summed E-state index contributed by atoms with van der Waals surface area (Å²) < 4.78 is 2.39. The van der Waals surface area contributed by atoms with Gasteiger partial charge in [0.05, 0.1) is 11.0 Å². The summed E-state index contributed by atoms with van der Waals surface area (Å²) in [7, 11) is 0. The lowest BCUT2D eigenvalue weighted by atomic mass is 9.70. The topological polar surface area (TPSA) is 67.2 Å². The van der Waals surface area contributed by atoms with E-state index in [1.807, 2.05) is 0 Å². The Balaban J connectivity index is 1.74. The molecule has 2 N–H and O–H groups in total. The van der Waals surface area contributed by atoms with Crippen molar-refractivity contribution in [1.82, 2.24) is 9.55 Å². The highest BCUT2D eigenvalue weighted by Gasteiger charge is 2.34. The molecule has 1 heterocycles. The number of aliphatic carboxylic acids is 1. The van der Waals surface area contributed by atoms with E-state index in [1.165, 1.54) is 12.0 Å². The Morgan fingerprint density at radius 1 is 1.18 bits per heavy atom. The van der Waals surface area contributed by atoms with Gasteiger partial charge in [-0.15, -0.1) is 0 Å². The van der Waals surface area contributed by atoms with E-state index >= 15 is 0 Å². The first kappa shape index (κ1) is 23.3. The van der Waals surface area contributed by atoms with Crippen LogP contribution in [-0.2, 0) is 11.2 Å². The molecule has 2 aromatic carbocycles. The van der Waals surface area contributed by atoms with Gasteiger partial charge in [0.2, 0.25) is 5.95 Å². The summed E-state index contributed by atoms with van der Waals surface area (Å²) in [6.45, 7) is 11.5. The lowest BCUT2D eigenvalue weighted by molar-refractivity contribution is -0.136. The summed E-state index contributed by atoms with van der Waals surface area (Å²) in [4.78, 5) is 16.0. The van der Waals surface area contributed by atoms with Gasteiger partial charge in [0, 0.05) is 18.2 Å². The van der Waals surface area contributed by atoms with Crippen LogP contribution in [0.25, 0.3) is 11.0 Å². The highest BCUT2D eigenvalue weighted by atomic mass is 16.4. The molecule has 1 saturated carbocycles. The number of fused-ring (bicyclic) bond motifs is 1.